The van der Waals surface area contributed by atoms with Crippen LogP contribution in [0.25, 0.3) is 0 Å². The fraction of sp³-hybridized carbons (Fsp3) is 0.562. The molecule has 20 heavy (non-hydrogen) atoms. The summed E-state index contributed by atoms with van der Waals surface area (Å²) in [6, 6.07) is 9.84. The largest absolute Gasteiger partial charge is 0.493 e. The van der Waals surface area contributed by atoms with Gasteiger partial charge in [0.2, 0.25) is 0 Å². The summed E-state index contributed by atoms with van der Waals surface area (Å²) in [5.41, 5.74) is 0. The van der Waals surface area contributed by atoms with Gasteiger partial charge in [-0.1, -0.05) is 26.0 Å². The molecule has 0 bridgehead atoms. The number of rotatable bonds is 9. The lowest BCUT2D eigenvalue weighted by atomic mass is 10.2. The number of hydrogen-bond donors (Lipinski definition) is 0. The average Bonchev–Trinajstić information content (AvgIpc) is 2.44. The molecule has 0 aromatic heterocycles. The van der Waals surface area contributed by atoms with Gasteiger partial charge in [0, 0.05) is 26.1 Å². The first-order valence-electron chi connectivity index (χ1n) is 7.02. The van der Waals surface area contributed by atoms with Crippen molar-refractivity contribution in [2.24, 2.45) is 5.92 Å². The Morgan fingerprint density at radius 3 is 2.50 bits per heavy atom. The van der Waals surface area contributed by atoms with Gasteiger partial charge in [-0.25, -0.2) is 0 Å². The second-order valence-electron chi connectivity index (χ2n) is 5.10. The van der Waals surface area contributed by atoms with Crippen molar-refractivity contribution in [3.63, 3.8) is 0 Å². The van der Waals surface area contributed by atoms with E-state index in [-0.39, 0.29) is 0 Å². The van der Waals surface area contributed by atoms with Crippen LogP contribution in [0.15, 0.2) is 24.3 Å². The summed E-state index contributed by atoms with van der Waals surface area (Å²) in [4.78, 5) is 2.27. The van der Waals surface area contributed by atoms with Crippen molar-refractivity contribution in [3.8, 4) is 17.6 Å². The highest BCUT2D eigenvalue weighted by Gasteiger charge is 2.08. The Kier molecular flexibility index (Phi) is 7.52. The molecule has 0 heterocycles. The molecular formula is C16H24N2O2. The van der Waals surface area contributed by atoms with Gasteiger partial charge in [-0.2, -0.15) is 5.26 Å². The van der Waals surface area contributed by atoms with Crippen LogP contribution in [0.4, 0.5) is 0 Å². The summed E-state index contributed by atoms with van der Waals surface area (Å²) in [5, 5.41) is 8.70. The van der Waals surface area contributed by atoms with E-state index in [1.165, 1.54) is 0 Å². The molecule has 110 valence electrons. The fourth-order valence-electron chi connectivity index (χ4n) is 2.04. The lowest BCUT2D eigenvalue weighted by Crippen LogP contribution is -2.32. The highest BCUT2D eigenvalue weighted by atomic mass is 16.5. The molecule has 1 aromatic carbocycles. The van der Waals surface area contributed by atoms with Gasteiger partial charge in [0.05, 0.1) is 13.2 Å². The Hall–Kier alpha value is -1.73. The van der Waals surface area contributed by atoms with Crippen LogP contribution in [0, 0.1) is 17.2 Å². The molecule has 0 amide bonds. The smallest absolute Gasteiger partial charge is 0.161 e. The zero-order valence-corrected chi connectivity index (χ0v) is 12.6. The Balaban J connectivity index is 2.44. The summed E-state index contributed by atoms with van der Waals surface area (Å²) in [5.74, 6) is 2.10. The monoisotopic (exact) mass is 276 g/mol. The molecule has 0 atom stereocenters. The molecule has 0 radical (unpaired) electrons. The fourth-order valence-corrected chi connectivity index (χ4v) is 2.04. The molecular weight excluding hydrogens is 252 g/mol. The molecule has 0 N–H and O–H groups in total. The predicted octanol–water partition coefficient (Wildman–Crippen LogP) is 2.95. The molecule has 0 aliphatic rings. The highest BCUT2D eigenvalue weighted by Crippen LogP contribution is 2.25. The Morgan fingerprint density at radius 1 is 1.20 bits per heavy atom. The number of benzene rings is 1. The van der Waals surface area contributed by atoms with E-state index in [0.717, 1.165) is 31.1 Å². The topological polar surface area (TPSA) is 45.5 Å². The van der Waals surface area contributed by atoms with Gasteiger partial charge in [0.25, 0.3) is 0 Å². The molecule has 0 unspecified atom stereocenters. The standard InChI is InChI=1S/C16H24N2O2/c1-14(2)13-18(10-6-9-17)11-12-20-16-8-5-4-7-15(16)19-3/h4-5,7-8,14H,6,10-13H2,1-3H3. The van der Waals surface area contributed by atoms with E-state index >= 15 is 0 Å². The number of para-hydroxylation sites is 2. The SMILES string of the molecule is COc1ccccc1OCCN(CCC#N)CC(C)C. The number of methoxy groups -OCH3 is 1. The lowest BCUT2D eigenvalue weighted by molar-refractivity contribution is 0.192. The average molecular weight is 276 g/mol. The van der Waals surface area contributed by atoms with Crippen LogP contribution < -0.4 is 9.47 Å². The maximum absolute atomic E-state index is 8.70. The quantitative estimate of drug-likeness (QED) is 0.695. The van der Waals surface area contributed by atoms with Crippen LogP contribution in [0.1, 0.15) is 20.3 Å². The van der Waals surface area contributed by atoms with Gasteiger partial charge in [0.15, 0.2) is 11.5 Å². The van der Waals surface area contributed by atoms with Crippen LogP contribution in [0.5, 0.6) is 11.5 Å². The second-order valence-corrected chi connectivity index (χ2v) is 5.10. The van der Waals surface area contributed by atoms with Crippen molar-refractivity contribution in [1.82, 2.24) is 4.90 Å². The summed E-state index contributed by atoms with van der Waals surface area (Å²) >= 11 is 0. The summed E-state index contributed by atoms with van der Waals surface area (Å²) in [7, 11) is 1.64. The molecule has 4 heteroatoms. The van der Waals surface area contributed by atoms with E-state index < -0.39 is 0 Å². The summed E-state index contributed by atoms with van der Waals surface area (Å²) in [6.07, 6.45) is 0.557. The van der Waals surface area contributed by atoms with Gasteiger partial charge in [-0.05, 0) is 18.1 Å². The Morgan fingerprint density at radius 2 is 1.90 bits per heavy atom. The van der Waals surface area contributed by atoms with Gasteiger partial charge < -0.3 is 9.47 Å². The molecule has 0 aliphatic carbocycles. The molecule has 1 aromatic rings. The van der Waals surface area contributed by atoms with Crippen molar-refractivity contribution >= 4 is 0 Å². The molecule has 0 saturated heterocycles. The van der Waals surface area contributed by atoms with E-state index in [2.05, 4.69) is 24.8 Å². The molecule has 0 aliphatic heterocycles. The minimum Gasteiger partial charge on any atom is -0.493 e. The van der Waals surface area contributed by atoms with Gasteiger partial charge in [-0.15, -0.1) is 0 Å². The Bertz CT molecular complexity index is 427. The maximum Gasteiger partial charge on any atom is 0.161 e. The lowest BCUT2D eigenvalue weighted by Gasteiger charge is -2.23. The first kappa shape index (κ1) is 16.3. The molecule has 0 saturated carbocycles. The van der Waals surface area contributed by atoms with Crippen molar-refractivity contribution in [2.75, 3.05) is 33.4 Å². The van der Waals surface area contributed by atoms with Gasteiger partial charge in [0.1, 0.15) is 6.61 Å². The summed E-state index contributed by atoms with van der Waals surface area (Å²) < 4.78 is 11.0. The van der Waals surface area contributed by atoms with Gasteiger partial charge in [-0.3, -0.25) is 4.90 Å². The van der Waals surface area contributed by atoms with Gasteiger partial charge >= 0.3 is 0 Å². The predicted molar refractivity (Wildman–Crippen MR) is 80.0 cm³/mol. The number of hydrogen-bond acceptors (Lipinski definition) is 4. The van der Waals surface area contributed by atoms with E-state index in [1.54, 1.807) is 7.11 Å². The third-order valence-corrected chi connectivity index (χ3v) is 2.90. The molecule has 4 nitrogen and oxygen atoms in total. The van der Waals surface area contributed by atoms with E-state index in [0.29, 0.717) is 18.9 Å². The van der Waals surface area contributed by atoms with Crippen LogP contribution in [0.2, 0.25) is 0 Å². The maximum atomic E-state index is 8.70. The van der Waals surface area contributed by atoms with Crippen molar-refractivity contribution in [3.05, 3.63) is 24.3 Å². The van der Waals surface area contributed by atoms with Crippen LogP contribution in [0.3, 0.4) is 0 Å². The van der Waals surface area contributed by atoms with Crippen LogP contribution in [-0.4, -0.2) is 38.3 Å². The number of nitrogens with zero attached hydrogens (tertiary/aromatic N) is 2. The third-order valence-electron chi connectivity index (χ3n) is 2.90. The number of nitriles is 1. The van der Waals surface area contributed by atoms with Crippen molar-refractivity contribution in [2.45, 2.75) is 20.3 Å². The van der Waals surface area contributed by atoms with Crippen molar-refractivity contribution < 1.29 is 9.47 Å². The minimum atomic E-state index is 0.557. The highest BCUT2D eigenvalue weighted by molar-refractivity contribution is 5.39. The molecule has 0 spiro atoms. The van der Waals surface area contributed by atoms with Crippen LogP contribution >= 0.6 is 0 Å². The third kappa shape index (κ3) is 5.94. The van der Waals surface area contributed by atoms with Crippen LogP contribution in [-0.2, 0) is 0 Å². The summed E-state index contributed by atoms with van der Waals surface area (Å²) in [6.45, 7) is 7.55. The molecule has 1 rings (SSSR count). The van der Waals surface area contributed by atoms with E-state index in [9.17, 15) is 0 Å². The first-order valence-corrected chi connectivity index (χ1v) is 7.02. The number of ether oxygens (including phenoxy) is 2. The first-order chi connectivity index (χ1) is 9.67. The zero-order chi connectivity index (χ0) is 14.8. The normalized spacial score (nSPS) is 10.6. The zero-order valence-electron chi connectivity index (χ0n) is 12.6. The van der Waals surface area contributed by atoms with E-state index in [4.69, 9.17) is 14.7 Å². The molecule has 0 fully saturated rings. The van der Waals surface area contributed by atoms with E-state index in [1.807, 2.05) is 24.3 Å². The minimum absolute atomic E-state index is 0.557. The second kappa shape index (κ2) is 9.22. The van der Waals surface area contributed by atoms with Crippen molar-refractivity contribution in [1.29, 1.82) is 5.26 Å². The Labute approximate surface area is 121 Å².